The van der Waals surface area contributed by atoms with E-state index in [1.165, 1.54) is 57.0 Å². The van der Waals surface area contributed by atoms with Crippen LogP contribution in [0, 0.1) is 6.92 Å². The van der Waals surface area contributed by atoms with E-state index in [1.807, 2.05) is 28.7 Å². The van der Waals surface area contributed by atoms with E-state index in [4.69, 9.17) is 9.47 Å². The van der Waals surface area contributed by atoms with Crippen molar-refractivity contribution in [1.29, 1.82) is 0 Å². The summed E-state index contributed by atoms with van der Waals surface area (Å²) in [4.78, 5) is 2.79. The molecule has 1 aliphatic rings. The highest BCUT2D eigenvalue weighted by Gasteiger charge is 2.14. The Balaban J connectivity index is 1.28. The first-order chi connectivity index (χ1) is 15.7. The molecule has 0 amide bonds. The number of fused-ring (bicyclic) bond motifs is 7. The summed E-state index contributed by atoms with van der Waals surface area (Å²) in [6.07, 6.45) is 2.03. The third kappa shape index (κ3) is 2.90. The summed E-state index contributed by atoms with van der Waals surface area (Å²) in [5.74, 6) is 1.72. The minimum Gasteiger partial charge on any atom is -0.454 e. The normalized spacial score (nSPS) is 13.2. The molecule has 156 valence electrons. The lowest BCUT2D eigenvalue weighted by Crippen LogP contribution is -1.93. The van der Waals surface area contributed by atoms with Gasteiger partial charge in [-0.2, -0.15) is 0 Å². The van der Waals surface area contributed by atoms with E-state index in [1.54, 1.807) is 0 Å². The van der Waals surface area contributed by atoms with Crippen LogP contribution in [0.15, 0.2) is 66.7 Å². The number of benzene rings is 4. The molecule has 6 aromatic rings. The Kier molecular flexibility index (Phi) is 4.02. The Morgan fingerprint density at radius 3 is 2.19 bits per heavy atom. The maximum Gasteiger partial charge on any atom is 0.231 e. The number of hydrogen-bond acceptors (Lipinski definition) is 4. The molecule has 2 aromatic heterocycles. The topological polar surface area (TPSA) is 18.5 Å². The number of rotatable bonds is 3. The van der Waals surface area contributed by atoms with Crippen molar-refractivity contribution in [2.75, 3.05) is 6.79 Å². The molecule has 3 heterocycles. The minimum absolute atomic E-state index is 0.328. The Hall–Kier alpha value is -3.08. The highest BCUT2D eigenvalue weighted by atomic mass is 32.1. The number of ether oxygens (including phenoxy) is 2. The molecule has 0 saturated carbocycles. The van der Waals surface area contributed by atoms with E-state index in [0.29, 0.717) is 6.79 Å². The molecule has 0 N–H and O–H groups in total. The van der Waals surface area contributed by atoms with Gasteiger partial charge < -0.3 is 9.47 Å². The zero-order valence-corrected chi connectivity index (χ0v) is 19.2. The standard InChI is InChI=1S/C28H20O2S2/c1-16-10-23-21-12-19-5-9-28-24(22(19)13-18(21)4-8-27(23)31-16)14-20(32-28)6-2-17-3-7-25-26(11-17)30-15-29-25/h3-5,7-14H,2,6,15H2,1H3. The van der Waals surface area contributed by atoms with Crippen LogP contribution < -0.4 is 9.47 Å². The van der Waals surface area contributed by atoms with Crippen molar-refractivity contribution in [3.05, 3.63) is 82.0 Å². The van der Waals surface area contributed by atoms with Gasteiger partial charge in [0.2, 0.25) is 6.79 Å². The second-order valence-corrected chi connectivity index (χ2v) is 11.0. The summed E-state index contributed by atoms with van der Waals surface area (Å²) in [6.45, 7) is 2.52. The number of thiophene rings is 2. The van der Waals surface area contributed by atoms with Gasteiger partial charge in [-0.3, -0.25) is 0 Å². The molecule has 0 unspecified atom stereocenters. The first-order valence-electron chi connectivity index (χ1n) is 10.9. The molecule has 4 heteroatoms. The van der Waals surface area contributed by atoms with Crippen LogP contribution in [0.2, 0.25) is 0 Å². The van der Waals surface area contributed by atoms with Crippen molar-refractivity contribution >= 4 is 64.4 Å². The molecule has 0 bridgehead atoms. The fourth-order valence-electron chi connectivity index (χ4n) is 4.85. The SMILES string of the molecule is Cc1cc2c(ccc3cc4c(ccc5sc(CCc6ccc7c(c6)OCO7)cc54)cc32)s1. The quantitative estimate of drug-likeness (QED) is 0.252. The Labute approximate surface area is 193 Å². The number of hydrogen-bond donors (Lipinski definition) is 0. The zero-order valence-electron chi connectivity index (χ0n) is 17.6. The van der Waals surface area contributed by atoms with Gasteiger partial charge in [-0.25, -0.2) is 0 Å². The molecule has 0 spiro atoms. The van der Waals surface area contributed by atoms with Crippen molar-refractivity contribution in [3.63, 3.8) is 0 Å². The molecular weight excluding hydrogens is 432 g/mol. The van der Waals surface area contributed by atoms with Gasteiger partial charge in [-0.05, 0) is 95.4 Å². The van der Waals surface area contributed by atoms with Crippen LogP contribution in [0.4, 0.5) is 0 Å². The van der Waals surface area contributed by atoms with Crippen LogP contribution in [0.5, 0.6) is 11.5 Å². The molecule has 0 saturated heterocycles. The molecular formula is C28H20O2S2. The van der Waals surface area contributed by atoms with Gasteiger partial charge in [-0.15, -0.1) is 22.7 Å². The summed E-state index contributed by atoms with van der Waals surface area (Å²) < 4.78 is 13.7. The fourth-order valence-corrected chi connectivity index (χ4v) is 6.87. The molecule has 0 aliphatic carbocycles. The van der Waals surface area contributed by atoms with Crippen molar-refractivity contribution in [2.24, 2.45) is 0 Å². The van der Waals surface area contributed by atoms with Gasteiger partial charge in [0.1, 0.15) is 0 Å². The molecule has 0 fully saturated rings. The molecule has 4 aromatic carbocycles. The average molecular weight is 453 g/mol. The summed E-state index contributed by atoms with van der Waals surface area (Å²) in [5.41, 5.74) is 1.29. The average Bonchev–Trinajstić information content (AvgIpc) is 3.53. The van der Waals surface area contributed by atoms with Gasteiger partial charge >= 0.3 is 0 Å². The molecule has 0 radical (unpaired) electrons. The van der Waals surface area contributed by atoms with E-state index in [2.05, 4.69) is 67.6 Å². The van der Waals surface area contributed by atoms with E-state index in [-0.39, 0.29) is 0 Å². The Morgan fingerprint density at radius 1 is 0.656 bits per heavy atom. The fraction of sp³-hybridized carbons (Fsp3) is 0.143. The summed E-state index contributed by atoms with van der Waals surface area (Å²) in [6, 6.07) is 24.9. The molecule has 32 heavy (non-hydrogen) atoms. The predicted octanol–water partition coefficient (Wildman–Crippen LogP) is 8.24. The Morgan fingerprint density at radius 2 is 1.38 bits per heavy atom. The van der Waals surface area contributed by atoms with Gasteiger partial charge in [0.25, 0.3) is 0 Å². The highest BCUT2D eigenvalue weighted by Crippen LogP contribution is 2.38. The van der Waals surface area contributed by atoms with Crippen LogP contribution in [0.1, 0.15) is 15.3 Å². The van der Waals surface area contributed by atoms with Crippen LogP contribution >= 0.6 is 22.7 Å². The zero-order chi connectivity index (χ0) is 21.2. The molecule has 2 nitrogen and oxygen atoms in total. The van der Waals surface area contributed by atoms with E-state index in [9.17, 15) is 0 Å². The minimum atomic E-state index is 0.328. The first kappa shape index (κ1) is 18.5. The van der Waals surface area contributed by atoms with E-state index >= 15 is 0 Å². The lowest BCUT2D eigenvalue weighted by atomic mass is 9.99. The maximum atomic E-state index is 5.53. The van der Waals surface area contributed by atoms with Crippen LogP contribution in [-0.4, -0.2) is 6.79 Å². The van der Waals surface area contributed by atoms with Crippen LogP contribution in [-0.2, 0) is 12.8 Å². The first-order valence-corrected chi connectivity index (χ1v) is 12.5. The maximum absolute atomic E-state index is 5.53. The van der Waals surface area contributed by atoms with Crippen molar-refractivity contribution in [3.8, 4) is 11.5 Å². The van der Waals surface area contributed by atoms with E-state index < -0.39 is 0 Å². The number of aryl methyl sites for hydroxylation is 3. The van der Waals surface area contributed by atoms with Gasteiger partial charge in [-0.1, -0.05) is 18.2 Å². The predicted molar refractivity (Wildman–Crippen MR) is 137 cm³/mol. The second-order valence-electron chi connectivity index (χ2n) is 8.51. The van der Waals surface area contributed by atoms with Crippen LogP contribution in [0.25, 0.3) is 41.7 Å². The third-order valence-electron chi connectivity index (χ3n) is 6.42. The molecule has 0 atom stereocenters. The van der Waals surface area contributed by atoms with Crippen molar-refractivity contribution < 1.29 is 9.47 Å². The monoisotopic (exact) mass is 452 g/mol. The third-order valence-corrected chi connectivity index (χ3v) is 8.60. The highest BCUT2D eigenvalue weighted by molar-refractivity contribution is 7.19. The Bertz CT molecular complexity index is 1670. The summed E-state index contributed by atoms with van der Waals surface area (Å²) >= 11 is 3.79. The lowest BCUT2D eigenvalue weighted by molar-refractivity contribution is 0.174. The van der Waals surface area contributed by atoms with Crippen LogP contribution in [0.3, 0.4) is 0 Å². The van der Waals surface area contributed by atoms with Crippen molar-refractivity contribution in [1.82, 2.24) is 0 Å². The summed E-state index contributed by atoms with van der Waals surface area (Å²) in [7, 11) is 0. The smallest absolute Gasteiger partial charge is 0.231 e. The van der Waals surface area contributed by atoms with Gasteiger partial charge in [0.05, 0.1) is 0 Å². The van der Waals surface area contributed by atoms with Gasteiger partial charge in [0.15, 0.2) is 11.5 Å². The lowest BCUT2D eigenvalue weighted by Gasteiger charge is -2.05. The van der Waals surface area contributed by atoms with Gasteiger partial charge in [0, 0.05) is 29.9 Å². The molecule has 1 aliphatic heterocycles. The largest absolute Gasteiger partial charge is 0.454 e. The summed E-state index contributed by atoms with van der Waals surface area (Å²) in [5, 5.41) is 8.10. The second kappa shape index (κ2) is 6.96. The van der Waals surface area contributed by atoms with E-state index in [0.717, 1.165) is 24.3 Å². The molecule has 7 rings (SSSR count). The van der Waals surface area contributed by atoms with Crippen molar-refractivity contribution in [2.45, 2.75) is 19.8 Å².